The lowest BCUT2D eigenvalue weighted by Gasteiger charge is -2.29. The summed E-state index contributed by atoms with van der Waals surface area (Å²) in [5.41, 5.74) is 15.6. The zero-order valence-corrected chi connectivity index (χ0v) is 35.7. The van der Waals surface area contributed by atoms with Crippen molar-refractivity contribution in [2.75, 3.05) is 6.54 Å². The van der Waals surface area contributed by atoms with E-state index in [9.17, 15) is 19.2 Å². The van der Waals surface area contributed by atoms with Crippen LogP contribution in [0.25, 0.3) is 11.1 Å². The summed E-state index contributed by atoms with van der Waals surface area (Å²) in [6.07, 6.45) is -0.830. The molecule has 7 rings (SSSR count). The van der Waals surface area contributed by atoms with Crippen LogP contribution in [-0.2, 0) is 45.1 Å². The second-order valence-corrected chi connectivity index (χ2v) is 16.2. The molecule has 2 heterocycles. The van der Waals surface area contributed by atoms with E-state index in [1.807, 2.05) is 72.8 Å². The lowest BCUT2D eigenvalue weighted by molar-refractivity contribution is -0.139. The van der Waals surface area contributed by atoms with E-state index in [0.29, 0.717) is 33.8 Å². The summed E-state index contributed by atoms with van der Waals surface area (Å²) in [6.45, 7) is 0.237. The number of guanidine groups is 1. The summed E-state index contributed by atoms with van der Waals surface area (Å²) >= 11 is 12.8. The van der Waals surface area contributed by atoms with Crippen LogP contribution in [0.2, 0.25) is 10.0 Å². The molecule has 0 saturated carbocycles. The molecular weight excluding hydrogens is 843 g/mol. The molecule has 0 radical (unpaired) electrons. The molecule has 2 amide bonds. The fraction of sp³-hybridized carbons (Fsp3) is 0.250. The number of hydrogen-bond acceptors (Lipinski definition) is 9. The summed E-state index contributed by atoms with van der Waals surface area (Å²) in [4.78, 5) is 67.3. The Kier molecular flexibility index (Phi) is 14.9. The number of carbonyl (C=O) groups excluding carboxylic acids is 4. The van der Waals surface area contributed by atoms with Crippen molar-refractivity contribution >= 4 is 69.5 Å². The Bertz CT molecular complexity index is 2530. The molecule has 5 aromatic carbocycles. The Morgan fingerprint density at radius 1 is 0.841 bits per heavy atom. The van der Waals surface area contributed by atoms with E-state index in [0.717, 1.165) is 16.7 Å². The van der Waals surface area contributed by atoms with Gasteiger partial charge < -0.3 is 35.6 Å². The van der Waals surface area contributed by atoms with Crippen LogP contribution in [-0.4, -0.2) is 64.1 Å². The van der Waals surface area contributed by atoms with Gasteiger partial charge in [0.05, 0.1) is 24.4 Å². The van der Waals surface area contributed by atoms with Gasteiger partial charge in [-0.1, -0.05) is 114 Å². The number of oxazole rings is 1. The van der Waals surface area contributed by atoms with E-state index in [1.54, 1.807) is 54.6 Å². The van der Waals surface area contributed by atoms with Gasteiger partial charge in [0.25, 0.3) is 5.89 Å². The van der Waals surface area contributed by atoms with Crippen LogP contribution in [0.1, 0.15) is 52.2 Å². The molecule has 13 nitrogen and oxygen atoms in total. The first-order valence-corrected chi connectivity index (χ1v) is 21.2. The molecule has 0 spiro atoms. The highest BCUT2D eigenvalue weighted by Gasteiger charge is 2.43. The fourth-order valence-corrected chi connectivity index (χ4v) is 7.93. The van der Waals surface area contributed by atoms with Gasteiger partial charge in [-0.15, -0.1) is 0 Å². The summed E-state index contributed by atoms with van der Waals surface area (Å²) in [6, 6.07) is 35.7. The number of ether oxygens (including phenoxy) is 2. The van der Waals surface area contributed by atoms with Gasteiger partial charge in [0, 0.05) is 35.3 Å². The zero-order valence-electron chi connectivity index (χ0n) is 34.2. The number of Topliss-reactive ketones (excluding diaryl/α,β-unsaturated/α-hetero) is 2. The van der Waals surface area contributed by atoms with E-state index < -0.39 is 47.7 Å². The third-order valence-electron chi connectivity index (χ3n) is 10.8. The number of ketones is 2. The minimum atomic E-state index is -1.07. The number of nitrogens with zero attached hydrogens (tertiary/aromatic N) is 3. The summed E-state index contributed by atoms with van der Waals surface area (Å²) in [5, 5.41) is 3.64. The molecular formula is C48H46Cl2N6O7. The van der Waals surface area contributed by atoms with Crippen LogP contribution in [0.15, 0.2) is 137 Å². The van der Waals surface area contributed by atoms with Crippen LogP contribution >= 0.6 is 23.2 Å². The predicted molar refractivity (Wildman–Crippen MR) is 241 cm³/mol. The van der Waals surface area contributed by atoms with Crippen LogP contribution in [0.5, 0.6) is 0 Å². The standard InChI is InChI=1S/C48H46Cl2N6O7/c49-35-19-15-32(16-20-35)28-61-37-26-41(56(27-37)46(59)40(22-17-30-9-3-1-4-10-30)55-48(60)62-29-31-11-5-2-6-12-31)42(57)24-34(23-33-18-21-36(25-38(33)50)53-47(51)52)44(58)45-54-39-13-7-8-14-43(39)63-45/h1-16,18-21,25,34,37,40-41H,17,22-24,26-29H2,(H,55,60)(H4,51,52,53)/t34?,37-,40-,41+/m1/s1. The van der Waals surface area contributed by atoms with Gasteiger partial charge in [-0.2, -0.15) is 0 Å². The van der Waals surface area contributed by atoms with Gasteiger partial charge >= 0.3 is 6.09 Å². The van der Waals surface area contributed by atoms with Crippen molar-refractivity contribution in [3.05, 3.63) is 166 Å². The molecule has 1 aliphatic rings. The maximum Gasteiger partial charge on any atom is 0.408 e. The molecule has 1 saturated heterocycles. The number of aromatic nitrogens is 1. The van der Waals surface area contributed by atoms with Gasteiger partial charge in [0.1, 0.15) is 18.2 Å². The van der Waals surface area contributed by atoms with Crippen LogP contribution in [0.4, 0.5) is 10.5 Å². The second-order valence-electron chi connectivity index (χ2n) is 15.3. The highest BCUT2D eigenvalue weighted by atomic mass is 35.5. The molecule has 324 valence electrons. The summed E-state index contributed by atoms with van der Waals surface area (Å²) < 4.78 is 17.8. The minimum absolute atomic E-state index is 0.00571. The van der Waals surface area contributed by atoms with E-state index >= 15 is 0 Å². The Morgan fingerprint density at radius 3 is 2.22 bits per heavy atom. The largest absolute Gasteiger partial charge is 0.445 e. The maximum absolute atomic E-state index is 14.8. The Hall–Kier alpha value is -6.54. The molecule has 1 aliphatic heterocycles. The number of alkyl carbamates (subject to hydrolysis) is 1. The third-order valence-corrected chi connectivity index (χ3v) is 11.4. The van der Waals surface area contributed by atoms with E-state index in [2.05, 4.69) is 15.3 Å². The number of nitrogens with one attached hydrogen (secondary N) is 1. The third kappa shape index (κ3) is 12.1. The van der Waals surface area contributed by atoms with Crippen molar-refractivity contribution in [2.24, 2.45) is 22.4 Å². The number of rotatable bonds is 18. The minimum Gasteiger partial charge on any atom is -0.445 e. The summed E-state index contributed by atoms with van der Waals surface area (Å²) in [7, 11) is 0. The number of amides is 2. The quantitative estimate of drug-likeness (QED) is 0.0431. The molecule has 5 N–H and O–H groups in total. The molecule has 0 aliphatic carbocycles. The number of para-hydroxylation sites is 2. The van der Waals surface area contributed by atoms with Crippen molar-refractivity contribution in [2.45, 2.75) is 63.5 Å². The Balaban J connectivity index is 1.17. The Labute approximate surface area is 374 Å². The monoisotopic (exact) mass is 888 g/mol. The number of nitrogens with two attached hydrogens (primary N) is 2. The summed E-state index contributed by atoms with van der Waals surface area (Å²) in [5.74, 6) is -2.72. The van der Waals surface area contributed by atoms with E-state index in [4.69, 9.17) is 48.6 Å². The number of hydrogen-bond donors (Lipinski definition) is 3. The molecule has 1 aromatic heterocycles. The molecule has 63 heavy (non-hydrogen) atoms. The van der Waals surface area contributed by atoms with Crippen LogP contribution in [0.3, 0.4) is 0 Å². The maximum atomic E-state index is 14.8. The molecule has 1 unspecified atom stereocenters. The number of fused-ring (bicyclic) bond motifs is 1. The topological polar surface area (TPSA) is 192 Å². The first kappa shape index (κ1) is 44.5. The van der Waals surface area contributed by atoms with Gasteiger partial charge in [-0.3, -0.25) is 14.4 Å². The predicted octanol–water partition coefficient (Wildman–Crippen LogP) is 8.15. The van der Waals surface area contributed by atoms with Gasteiger partial charge in [0.2, 0.25) is 11.7 Å². The lowest BCUT2D eigenvalue weighted by atomic mass is 9.88. The number of halogens is 2. The average Bonchev–Trinajstić information content (AvgIpc) is 3.93. The van der Waals surface area contributed by atoms with E-state index in [1.165, 1.54) is 4.90 Å². The number of aryl methyl sites for hydroxylation is 1. The molecule has 0 bridgehead atoms. The second kappa shape index (κ2) is 21.0. The van der Waals surface area contributed by atoms with Crippen molar-refractivity contribution < 1.29 is 33.1 Å². The van der Waals surface area contributed by atoms with Crippen molar-refractivity contribution in [1.82, 2.24) is 15.2 Å². The number of benzene rings is 5. The van der Waals surface area contributed by atoms with Crippen molar-refractivity contribution in [3.63, 3.8) is 0 Å². The van der Waals surface area contributed by atoms with Crippen LogP contribution < -0.4 is 16.8 Å². The lowest BCUT2D eigenvalue weighted by Crippen LogP contribution is -2.52. The van der Waals surface area contributed by atoms with Gasteiger partial charge in [0.15, 0.2) is 17.3 Å². The van der Waals surface area contributed by atoms with Gasteiger partial charge in [-0.25, -0.2) is 14.8 Å². The zero-order chi connectivity index (χ0) is 44.3. The van der Waals surface area contributed by atoms with Crippen molar-refractivity contribution in [1.29, 1.82) is 0 Å². The first-order valence-electron chi connectivity index (χ1n) is 20.5. The SMILES string of the molecule is NC(N)=Nc1ccc(CC(CC(=O)[C@@H]2C[C@@H](OCc3ccc(Cl)cc3)CN2C(=O)[C@@H](CCc2ccccc2)NC(=O)OCc2ccccc2)C(=O)c2nc3ccccc3o2)c(Cl)c1. The highest BCUT2D eigenvalue weighted by molar-refractivity contribution is 6.31. The van der Waals surface area contributed by atoms with E-state index in [-0.39, 0.29) is 62.3 Å². The fourth-order valence-electron chi connectivity index (χ4n) is 7.56. The molecule has 4 atom stereocenters. The molecule has 15 heteroatoms. The molecule has 6 aromatic rings. The highest BCUT2D eigenvalue weighted by Crippen LogP contribution is 2.31. The van der Waals surface area contributed by atoms with Gasteiger partial charge in [-0.05, 0) is 77.9 Å². The number of likely N-dealkylation sites (tertiary alicyclic amines) is 1. The molecule has 1 fully saturated rings. The van der Waals surface area contributed by atoms with Crippen molar-refractivity contribution in [3.8, 4) is 0 Å². The average molecular weight is 890 g/mol. The number of carbonyl (C=O) groups is 4. The Morgan fingerprint density at radius 2 is 1.52 bits per heavy atom. The first-order chi connectivity index (χ1) is 30.5. The normalized spacial score (nSPS) is 15.7. The smallest absolute Gasteiger partial charge is 0.408 e. The van der Waals surface area contributed by atoms with Crippen LogP contribution in [0, 0.1) is 5.92 Å². The number of aliphatic imine (C=N–C) groups is 1.